The summed E-state index contributed by atoms with van der Waals surface area (Å²) in [5.74, 6) is 0.115. The van der Waals surface area contributed by atoms with E-state index in [-0.39, 0.29) is 17.2 Å². The lowest BCUT2D eigenvalue weighted by atomic mass is 10.0. The molecule has 0 atom stereocenters. The van der Waals surface area contributed by atoms with Gasteiger partial charge in [0.1, 0.15) is 0 Å². The molecule has 0 spiro atoms. The van der Waals surface area contributed by atoms with Crippen molar-refractivity contribution in [2.24, 2.45) is 0 Å². The second-order valence-electron chi connectivity index (χ2n) is 3.31. The molecule has 76 valence electrons. The third-order valence-electron chi connectivity index (χ3n) is 2.59. The first kappa shape index (κ1) is 9.15. The van der Waals surface area contributed by atoms with E-state index < -0.39 is 0 Å². The van der Waals surface area contributed by atoms with Crippen LogP contribution in [0.3, 0.4) is 0 Å². The Labute approximate surface area is 81.7 Å². The van der Waals surface area contributed by atoms with Gasteiger partial charge in [-0.05, 0) is 12.5 Å². The number of benzene rings is 1. The van der Waals surface area contributed by atoms with Crippen LogP contribution in [0.2, 0.25) is 0 Å². The van der Waals surface area contributed by atoms with E-state index in [1.165, 1.54) is 7.11 Å². The average molecular weight is 196 g/mol. The van der Waals surface area contributed by atoms with E-state index in [1.807, 2.05) is 0 Å². The fraction of sp³-hybridized carbons (Fsp3) is 0.400. The molecule has 0 aromatic heterocycles. The van der Waals surface area contributed by atoms with E-state index in [0.29, 0.717) is 18.8 Å². The molecule has 1 aromatic carbocycles. The molecule has 0 bridgehead atoms. The van der Waals surface area contributed by atoms with Crippen molar-refractivity contribution in [1.29, 1.82) is 0 Å². The fourth-order valence-electron chi connectivity index (χ4n) is 1.73. The van der Waals surface area contributed by atoms with Gasteiger partial charge in [-0.2, -0.15) is 0 Å². The Morgan fingerprint density at radius 2 is 1.79 bits per heavy atom. The molecule has 4 nitrogen and oxygen atoms in total. The summed E-state index contributed by atoms with van der Waals surface area (Å²) in [5.41, 5.74) is 2.30. The molecule has 0 radical (unpaired) electrons. The summed E-state index contributed by atoms with van der Waals surface area (Å²) in [4.78, 5) is 0. The molecule has 2 N–H and O–H groups in total. The van der Waals surface area contributed by atoms with E-state index in [0.717, 1.165) is 11.1 Å². The van der Waals surface area contributed by atoms with Gasteiger partial charge in [0.25, 0.3) is 0 Å². The predicted molar refractivity (Wildman–Crippen MR) is 49.6 cm³/mol. The van der Waals surface area contributed by atoms with Crippen molar-refractivity contribution < 1.29 is 19.7 Å². The molecule has 0 amide bonds. The summed E-state index contributed by atoms with van der Waals surface area (Å²) < 4.78 is 10.1. The molecular formula is C10H12O4. The van der Waals surface area contributed by atoms with Gasteiger partial charge in [-0.25, -0.2) is 0 Å². The van der Waals surface area contributed by atoms with Crippen molar-refractivity contribution in [2.45, 2.75) is 20.1 Å². The zero-order valence-corrected chi connectivity index (χ0v) is 8.13. The van der Waals surface area contributed by atoms with Crippen molar-refractivity contribution >= 4 is 0 Å². The Morgan fingerprint density at radius 1 is 1.14 bits per heavy atom. The lowest BCUT2D eigenvalue weighted by molar-refractivity contribution is 0.133. The topological polar surface area (TPSA) is 58.9 Å². The molecule has 0 saturated carbocycles. The SMILES string of the molecule is COc1c(O)c(C)c2c(c1O)COC2. The van der Waals surface area contributed by atoms with E-state index in [1.54, 1.807) is 6.92 Å². The van der Waals surface area contributed by atoms with Crippen molar-refractivity contribution in [1.82, 2.24) is 0 Å². The molecule has 14 heavy (non-hydrogen) atoms. The van der Waals surface area contributed by atoms with Crippen LogP contribution in [-0.4, -0.2) is 17.3 Å². The zero-order valence-electron chi connectivity index (χ0n) is 8.13. The van der Waals surface area contributed by atoms with Crippen LogP contribution in [0.15, 0.2) is 0 Å². The second-order valence-corrected chi connectivity index (χ2v) is 3.31. The van der Waals surface area contributed by atoms with Gasteiger partial charge < -0.3 is 19.7 Å². The molecular weight excluding hydrogens is 184 g/mol. The highest BCUT2D eigenvalue weighted by Crippen LogP contribution is 2.45. The zero-order chi connectivity index (χ0) is 10.3. The lowest BCUT2D eigenvalue weighted by Gasteiger charge is -2.12. The quantitative estimate of drug-likeness (QED) is 0.713. The van der Waals surface area contributed by atoms with Crippen molar-refractivity contribution in [2.75, 3.05) is 7.11 Å². The number of phenolic OH excluding ortho intramolecular Hbond substituents is 2. The predicted octanol–water partition coefficient (Wildman–Crippen LogP) is 1.45. The van der Waals surface area contributed by atoms with Crippen LogP contribution >= 0.6 is 0 Å². The normalized spacial score (nSPS) is 14.1. The number of methoxy groups -OCH3 is 1. The highest BCUT2D eigenvalue weighted by Gasteiger charge is 2.25. The molecule has 1 aromatic rings. The molecule has 0 fully saturated rings. The first-order valence-corrected chi connectivity index (χ1v) is 4.34. The molecule has 0 saturated heterocycles. The minimum absolute atomic E-state index is 0.00532. The summed E-state index contributed by atoms with van der Waals surface area (Å²) in [7, 11) is 1.41. The summed E-state index contributed by atoms with van der Waals surface area (Å²) in [6.45, 7) is 2.59. The Morgan fingerprint density at radius 3 is 2.43 bits per heavy atom. The molecule has 1 heterocycles. The average Bonchev–Trinajstić information content (AvgIpc) is 2.64. The summed E-state index contributed by atoms with van der Waals surface area (Å²) in [6.07, 6.45) is 0. The number of hydrogen-bond donors (Lipinski definition) is 2. The number of aromatic hydroxyl groups is 2. The number of fused-ring (bicyclic) bond motifs is 1. The van der Waals surface area contributed by atoms with Gasteiger partial charge in [0.05, 0.1) is 20.3 Å². The van der Waals surface area contributed by atoms with Gasteiger partial charge >= 0.3 is 0 Å². The maximum Gasteiger partial charge on any atom is 0.203 e. The summed E-state index contributed by atoms with van der Waals surface area (Å²) in [5, 5.41) is 19.5. The van der Waals surface area contributed by atoms with Crippen LogP contribution in [0.4, 0.5) is 0 Å². The lowest BCUT2D eigenvalue weighted by Crippen LogP contribution is -1.94. The molecule has 0 unspecified atom stereocenters. The van der Waals surface area contributed by atoms with Gasteiger partial charge in [0.15, 0.2) is 11.5 Å². The van der Waals surface area contributed by atoms with Crippen LogP contribution in [0.25, 0.3) is 0 Å². The van der Waals surface area contributed by atoms with Crippen LogP contribution in [0, 0.1) is 6.92 Å². The van der Waals surface area contributed by atoms with Crippen LogP contribution in [-0.2, 0) is 18.0 Å². The smallest absolute Gasteiger partial charge is 0.203 e. The van der Waals surface area contributed by atoms with Crippen LogP contribution in [0.1, 0.15) is 16.7 Å². The van der Waals surface area contributed by atoms with Crippen molar-refractivity contribution in [3.63, 3.8) is 0 Å². The summed E-state index contributed by atoms with van der Waals surface area (Å²) in [6, 6.07) is 0. The molecule has 0 aliphatic carbocycles. The van der Waals surface area contributed by atoms with Gasteiger partial charge in [0, 0.05) is 11.1 Å². The van der Waals surface area contributed by atoms with Crippen molar-refractivity contribution in [3.05, 3.63) is 16.7 Å². The van der Waals surface area contributed by atoms with Gasteiger partial charge in [-0.3, -0.25) is 0 Å². The standard InChI is InChI=1S/C10H12O4/c1-5-6-3-14-4-7(6)9(12)10(13-2)8(5)11/h11-12H,3-4H2,1-2H3. The number of hydrogen-bond acceptors (Lipinski definition) is 4. The highest BCUT2D eigenvalue weighted by atomic mass is 16.5. The number of ether oxygens (including phenoxy) is 2. The molecule has 4 heteroatoms. The fourth-order valence-corrected chi connectivity index (χ4v) is 1.73. The van der Waals surface area contributed by atoms with Crippen molar-refractivity contribution in [3.8, 4) is 17.2 Å². The third-order valence-corrected chi connectivity index (χ3v) is 2.59. The van der Waals surface area contributed by atoms with E-state index >= 15 is 0 Å². The first-order valence-electron chi connectivity index (χ1n) is 4.34. The van der Waals surface area contributed by atoms with Crippen LogP contribution < -0.4 is 4.74 Å². The molecule has 1 aliphatic heterocycles. The highest BCUT2D eigenvalue weighted by molar-refractivity contribution is 5.62. The number of rotatable bonds is 1. The summed E-state index contributed by atoms with van der Waals surface area (Å²) >= 11 is 0. The maximum atomic E-state index is 9.75. The largest absolute Gasteiger partial charge is 0.504 e. The van der Waals surface area contributed by atoms with E-state index in [9.17, 15) is 10.2 Å². The van der Waals surface area contributed by atoms with Gasteiger partial charge in [-0.1, -0.05) is 0 Å². The Balaban J connectivity index is 2.73. The van der Waals surface area contributed by atoms with E-state index in [2.05, 4.69) is 0 Å². The second kappa shape index (κ2) is 3.06. The first-order chi connectivity index (χ1) is 6.66. The molecule has 2 rings (SSSR count). The monoisotopic (exact) mass is 196 g/mol. The van der Waals surface area contributed by atoms with Gasteiger partial charge in [0.2, 0.25) is 5.75 Å². The molecule has 1 aliphatic rings. The maximum absolute atomic E-state index is 9.75. The number of phenols is 2. The Kier molecular flexibility index (Phi) is 2.00. The van der Waals surface area contributed by atoms with Gasteiger partial charge in [-0.15, -0.1) is 0 Å². The minimum atomic E-state index is -0.0110. The van der Waals surface area contributed by atoms with E-state index in [4.69, 9.17) is 9.47 Å². The minimum Gasteiger partial charge on any atom is -0.504 e. The van der Waals surface area contributed by atoms with Crippen LogP contribution in [0.5, 0.6) is 17.2 Å². The Bertz CT molecular complexity index is 378. The Hall–Kier alpha value is -1.42. The third kappa shape index (κ3) is 1.04.